The number of rotatable bonds is 0. The Morgan fingerprint density at radius 3 is 2.57 bits per heavy atom. The largest absolute Gasteiger partial charge is 0.389 e. The van der Waals surface area contributed by atoms with E-state index in [2.05, 4.69) is 6.07 Å². The summed E-state index contributed by atoms with van der Waals surface area (Å²) in [6.07, 6.45) is 0. The van der Waals surface area contributed by atoms with Crippen molar-refractivity contribution in [3.63, 3.8) is 0 Å². The van der Waals surface area contributed by atoms with Crippen LogP contribution < -0.4 is 5.73 Å². The molecule has 1 aromatic heterocycles. The summed E-state index contributed by atoms with van der Waals surface area (Å²) in [5.41, 5.74) is 6.25. The lowest BCUT2D eigenvalue weighted by molar-refractivity contribution is 1.51. The van der Waals surface area contributed by atoms with E-state index in [9.17, 15) is 0 Å². The molecule has 0 amide bonds. The van der Waals surface area contributed by atoms with Gasteiger partial charge in [-0.05, 0) is 0 Å². The Bertz CT molecular complexity index is 593. The van der Waals surface area contributed by atoms with E-state index in [4.69, 9.17) is 23.2 Å². The molecule has 1 aromatic carbocycles. The summed E-state index contributed by atoms with van der Waals surface area (Å²) < 4.78 is 0.733. The highest BCUT2D eigenvalue weighted by atomic mass is 32.1. The molecule has 2 nitrogen and oxygen atoms in total. The number of fused-ring (bicyclic) bond motifs is 1. The van der Waals surface area contributed by atoms with Crippen molar-refractivity contribution in [1.29, 1.82) is 5.26 Å². The summed E-state index contributed by atoms with van der Waals surface area (Å²) in [7, 11) is 0. The monoisotopic (exact) mass is 218 g/mol. The lowest BCUT2D eigenvalue weighted by atomic mass is 10.1. The maximum Gasteiger partial charge on any atom is 0.106 e. The molecule has 2 N–H and O–H groups in total. The molecule has 0 saturated carbocycles. The van der Waals surface area contributed by atoms with Gasteiger partial charge in [-0.3, -0.25) is 0 Å². The van der Waals surface area contributed by atoms with Crippen LogP contribution in [-0.2, 0) is 0 Å². The Labute approximate surface area is 90.2 Å². The minimum Gasteiger partial charge on any atom is -0.389 e. The van der Waals surface area contributed by atoms with Crippen LogP contribution in [0.2, 0.25) is 0 Å². The first-order valence-corrected chi connectivity index (χ1v) is 5.18. The second-order valence-corrected chi connectivity index (χ2v) is 4.51. The average Bonchev–Trinajstić information content (AvgIpc) is 2.18. The second-order valence-electron chi connectivity index (χ2n) is 2.79. The number of nitrogens with two attached hydrogens (primary N) is 1. The molecule has 0 bridgehead atoms. The van der Waals surface area contributed by atoms with Crippen molar-refractivity contribution in [2.24, 2.45) is 0 Å². The first kappa shape index (κ1) is 9.13. The summed E-state index contributed by atoms with van der Waals surface area (Å²) in [6.45, 7) is 0. The minimum absolute atomic E-state index is 0.496. The molecule has 0 aliphatic carbocycles. The minimum atomic E-state index is 0.496. The molecule has 0 aliphatic rings. The molecule has 0 unspecified atom stereocenters. The zero-order chi connectivity index (χ0) is 10.1. The fraction of sp³-hybridized carbons (Fsp3) is 0. The summed E-state index contributed by atoms with van der Waals surface area (Å²) in [6, 6.07) is 9.67. The van der Waals surface area contributed by atoms with E-state index in [1.807, 2.05) is 24.3 Å². The number of benzene rings is 1. The third kappa shape index (κ3) is 1.27. The molecule has 0 spiro atoms. The molecule has 0 atom stereocenters. The van der Waals surface area contributed by atoms with Crippen LogP contribution >= 0.6 is 23.6 Å². The van der Waals surface area contributed by atoms with Gasteiger partial charge in [-0.15, -0.1) is 11.3 Å². The maximum absolute atomic E-state index is 8.95. The van der Waals surface area contributed by atoms with Crippen molar-refractivity contribution in [2.75, 3.05) is 5.73 Å². The topological polar surface area (TPSA) is 49.8 Å². The second kappa shape index (κ2) is 3.37. The van der Waals surface area contributed by atoms with Crippen LogP contribution in [0.3, 0.4) is 0 Å². The quantitative estimate of drug-likeness (QED) is 0.691. The number of nitrogen functional groups attached to an aromatic ring is 1. The number of hydrogen-bond acceptors (Lipinski definition) is 4. The fourth-order valence-electron chi connectivity index (χ4n) is 1.33. The van der Waals surface area contributed by atoms with Crippen LogP contribution in [0.15, 0.2) is 24.3 Å². The van der Waals surface area contributed by atoms with E-state index in [0.29, 0.717) is 10.6 Å². The highest BCUT2D eigenvalue weighted by Gasteiger charge is 2.06. The van der Waals surface area contributed by atoms with E-state index < -0.39 is 0 Å². The van der Waals surface area contributed by atoms with Gasteiger partial charge in [-0.2, -0.15) is 5.26 Å². The van der Waals surface area contributed by atoms with Crippen LogP contribution in [-0.4, -0.2) is 0 Å². The van der Waals surface area contributed by atoms with Gasteiger partial charge in [-0.1, -0.05) is 36.5 Å². The molecule has 0 radical (unpaired) electrons. The van der Waals surface area contributed by atoms with Crippen LogP contribution in [0.4, 0.5) is 5.00 Å². The standard InChI is InChI=1S/C10H6N2S2/c11-5-8-6-3-1-2-4-7(6)10(13)14-9(8)12/h1-4H,12H2. The molecule has 0 saturated heterocycles. The van der Waals surface area contributed by atoms with Gasteiger partial charge in [-0.25, -0.2) is 0 Å². The van der Waals surface area contributed by atoms with Crippen molar-refractivity contribution in [1.82, 2.24) is 0 Å². The zero-order valence-electron chi connectivity index (χ0n) is 7.15. The lowest BCUT2D eigenvalue weighted by Gasteiger charge is -2.01. The van der Waals surface area contributed by atoms with E-state index >= 15 is 0 Å². The van der Waals surface area contributed by atoms with Crippen LogP contribution in [0.25, 0.3) is 10.8 Å². The summed E-state index contributed by atoms with van der Waals surface area (Å²) in [4.78, 5) is 0. The van der Waals surface area contributed by atoms with Crippen molar-refractivity contribution >= 4 is 39.3 Å². The molecule has 14 heavy (non-hydrogen) atoms. The Kier molecular flexibility index (Phi) is 2.20. The molecule has 4 heteroatoms. The zero-order valence-corrected chi connectivity index (χ0v) is 8.78. The van der Waals surface area contributed by atoms with Crippen molar-refractivity contribution < 1.29 is 0 Å². The SMILES string of the molecule is N#Cc1c(N)sc(=S)c2ccccc12. The van der Waals surface area contributed by atoms with Crippen molar-refractivity contribution in [3.8, 4) is 6.07 Å². The first-order valence-electron chi connectivity index (χ1n) is 3.95. The normalized spacial score (nSPS) is 9.93. The van der Waals surface area contributed by atoms with Crippen molar-refractivity contribution in [3.05, 3.63) is 33.7 Å². The van der Waals surface area contributed by atoms with Crippen LogP contribution in [0, 0.1) is 15.2 Å². The van der Waals surface area contributed by atoms with Gasteiger partial charge in [0.1, 0.15) is 11.1 Å². The number of anilines is 1. The number of nitrogens with zero attached hydrogens (tertiary/aromatic N) is 1. The van der Waals surface area contributed by atoms with E-state index in [1.54, 1.807) is 0 Å². The van der Waals surface area contributed by atoms with Gasteiger partial charge in [0.15, 0.2) is 0 Å². The van der Waals surface area contributed by atoms with E-state index in [-0.39, 0.29) is 0 Å². The third-order valence-electron chi connectivity index (χ3n) is 1.98. The van der Waals surface area contributed by atoms with E-state index in [0.717, 1.165) is 14.6 Å². The number of nitriles is 1. The van der Waals surface area contributed by atoms with Crippen LogP contribution in [0.5, 0.6) is 0 Å². The molecule has 0 aliphatic heterocycles. The predicted molar refractivity (Wildman–Crippen MR) is 61.8 cm³/mol. The van der Waals surface area contributed by atoms with Crippen molar-refractivity contribution in [2.45, 2.75) is 0 Å². The van der Waals surface area contributed by atoms with Gasteiger partial charge in [0.25, 0.3) is 0 Å². The summed E-state index contributed by atoms with van der Waals surface area (Å²) in [5, 5.41) is 11.2. The molecular formula is C10H6N2S2. The smallest absolute Gasteiger partial charge is 0.106 e. The van der Waals surface area contributed by atoms with Gasteiger partial charge in [0.05, 0.1) is 9.39 Å². The van der Waals surface area contributed by atoms with Crippen LogP contribution in [0.1, 0.15) is 5.56 Å². The molecule has 0 fully saturated rings. The molecular weight excluding hydrogens is 212 g/mol. The average molecular weight is 218 g/mol. The predicted octanol–water partition coefficient (Wildman–Crippen LogP) is 3.08. The fourth-order valence-corrected chi connectivity index (χ4v) is 2.53. The highest BCUT2D eigenvalue weighted by molar-refractivity contribution is 7.74. The lowest BCUT2D eigenvalue weighted by Crippen LogP contribution is -1.89. The Morgan fingerprint density at radius 2 is 1.93 bits per heavy atom. The Morgan fingerprint density at radius 1 is 1.29 bits per heavy atom. The molecule has 1 heterocycles. The Hall–Kier alpha value is -1.44. The van der Waals surface area contributed by atoms with Gasteiger partial charge >= 0.3 is 0 Å². The molecule has 2 rings (SSSR count). The maximum atomic E-state index is 8.95. The van der Waals surface area contributed by atoms with Gasteiger partial charge in [0.2, 0.25) is 0 Å². The third-order valence-corrected chi connectivity index (χ3v) is 3.28. The Balaban J connectivity index is 3.08. The number of hydrogen-bond donors (Lipinski definition) is 1. The molecule has 68 valence electrons. The summed E-state index contributed by atoms with van der Waals surface area (Å²) in [5.74, 6) is 0. The summed E-state index contributed by atoms with van der Waals surface area (Å²) >= 11 is 6.46. The molecule has 2 aromatic rings. The van der Waals surface area contributed by atoms with Gasteiger partial charge < -0.3 is 5.73 Å². The first-order chi connectivity index (χ1) is 6.74. The van der Waals surface area contributed by atoms with Gasteiger partial charge in [0, 0.05) is 10.8 Å². The highest BCUT2D eigenvalue weighted by Crippen LogP contribution is 2.28. The van der Waals surface area contributed by atoms with E-state index in [1.165, 1.54) is 11.3 Å².